The third kappa shape index (κ3) is 2.29. The van der Waals surface area contributed by atoms with Gasteiger partial charge >= 0.3 is 0 Å². The molecule has 0 radical (unpaired) electrons. The van der Waals surface area contributed by atoms with E-state index >= 15 is 0 Å². The van der Waals surface area contributed by atoms with Crippen LogP contribution in [-0.4, -0.2) is 9.13 Å². The first-order valence-corrected chi connectivity index (χ1v) is 9.11. The molecule has 0 spiro atoms. The van der Waals surface area contributed by atoms with Gasteiger partial charge in [0.1, 0.15) is 0 Å². The minimum absolute atomic E-state index is 0.413. The van der Waals surface area contributed by atoms with E-state index in [1.807, 2.05) is 76.5 Å². The SMILES string of the molecule is [C-]#[N+]C(=C(C#N)c1c(C)n(C)c2ccccc12)c1c(C)n(C)c2ccccc12. The molecule has 0 aliphatic rings. The number of aryl methyl sites for hydroxylation is 2. The van der Waals surface area contributed by atoms with Crippen LogP contribution in [0.2, 0.25) is 0 Å². The zero-order valence-electron chi connectivity index (χ0n) is 16.4. The lowest BCUT2D eigenvalue weighted by molar-refractivity contribution is 0.914. The molecule has 0 fully saturated rings. The first-order chi connectivity index (χ1) is 13.5. The maximum absolute atomic E-state index is 10.1. The van der Waals surface area contributed by atoms with E-state index in [1.54, 1.807) is 0 Å². The quantitative estimate of drug-likeness (QED) is 0.337. The van der Waals surface area contributed by atoms with Gasteiger partial charge in [0.25, 0.3) is 0 Å². The number of nitrogens with zero attached hydrogens (tertiary/aromatic N) is 4. The fourth-order valence-corrected chi connectivity index (χ4v) is 4.12. The summed E-state index contributed by atoms with van der Waals surface area (Å²) in [5.74, 6) is 0. The number of rotatable bonds is 2. The molecule has 0 unspecified atom stereocenters. The number of allylic oxidation sites excluding steroid dienone is 1. The number of nitriles is 1. The summed E-state index contributed by atoms with van der Waals surface area (Å²) in [6.07, 6.45) is 0. The van der Waals surface area contributed by atoms with E-state index < -0.39 is 0 Å². The molecule has 0 N–H and O–H groups in total. The summed E-state index contributed by atoms with van der Waals surface area (Å²) in [5.41, 5.74) is 6.62. The van der Waals surface area contributed by atoms with Crippen LogP contribution in [0, 0.1) is 31.8 Å². The fraction of sp³-hybridized carbons (Fsp3) is 0.167. The van der Waals surface area contributed by atoms with Crippen LogP contribution >= 0.6 is 0 Å². The van der Waals surface area contributed by atoms with Crippen molar-refractivity contribution in [2.75, 3.05) is 0 Å². The zero-order valence-corrected chi connectivity index (χ0v) is 16.4. The molecule has 4 rings (SSSR count). The van der Waals surface area contributed by atoms with E-state index in [0.717, 1.165) is 44.3 Å². The average molecular weight is 364 g/mol. The van der Waals surface area contributed by atoms with Gasteiger partial charge in [-0.2, -0.15) is 5.26 Å². The van der Waals surface area contributed by atoms with Crippen LogP contribution in [0.25, 0.3) is 37.9 Å². The number of para-hydroxylation sites is 2. The number of hydrogen-bond donors (Lipinski definition) is 0. The van der Waals surface area contributed by atoms with Crippen molar-refractivity contribution in [3.8, 4) is 6.07 Å². The topological polar surface area (TPSA) is 38.0 Å². The van der Waals surface area contributed by atoms with Crippen LogP contribution in [0.3, 0.4) is 0 Å². The van der Waals surface area contributed by atoms with Crippen molar-refractivity contribution in [1.29, 1.82) is 5.26 Å². The molecule has 2 aromatic carbocycles. The summed E-state index contributed by atoms with van der Waals surface area (Å²) in [6, 6.07) is 18.4. The van der Waals surface area contributed by atoms with Gasteiger partial charge in [0.2, 0.25) is 5.70 Å². The van der Waals surface area contributed by atoms with Crippen molar-refractivity contribution in [3.63, 3.8) is 0 Å². The molecule has 4 aromatic rings. The molecule has 4 heteroatoms. The smallest absolute Gasteiger partial charge is 0.214 e. The van der Waals surface area contributed by atoms with Crippen molar-refractivity contribution in [2.45, 2.75) is 13.8 Å². The van der Waals surface area contributed by atoms with Crippen LogP contribution in [-0.2, 0) is 14.1 Å². The monoisotopic (exact) mass is 364 g/mol. The molecule has 0 amide bonds. The summed E-state index contributed by atoms with van der Waals surface area (Å²) in [6.45, 7) is 12.0. The van der Waals surface area contributed by atoms with Crippen molar-refractivity contribution < 1.29 is 0 Å². The number of hydrogen-bond acceptors (Lipinski definition) is 1. The average Bonchev–Trinajstić information content (AvgIpc) is 3.12. The number of fused-ring (bicyclic) bond motifs is 2. The van der Waals surface area contributed by atoms with E-state index in [2.05, 4.69) is 20.0 Å². The lowest BCUT2D eigenvalue weighted by atomic mass is 9.96. The largest absolute Gasteiger partial charge is 0.349 e. The Morgan fingerprint density at radius 3 is 1.82 bits per heavy atom. The van der Waals surface area contributed by atoms with Crippen molar-refractivity contribution in [1.82, 2.24) is 9.13 Å². The van der Waals surface area contributed by atoms with Gasteiger partial charge in [-0.05, 0) is 31.4 Å². The highest BCUT2D eigenvalue weighted by Crippen LogP contribution is 2.39. The van der Waals surface area contributed by atoms with E-state index in [0.29, 0.717) is 11.3 Å². The van der Waals surface area contributed by atoms with Crippen LogP contribution in [0.15, 0.2) is 48.5 Å². The second-order valence-electron chi connectivity index (χ2n) is 7.02. The van der Waals surface area contributed by atoms with Crippen molar-refractivity contribution in [3.05, 3.63) is 82.5 Å². The predicted molar refractivity (Wildman–Crippen MR) is 114 cm³/mol. The Bertz CT molecular complexity index is 1260. The summed E-state index contributed by atoms with van der Waals surface area (Å²) >= 11 is 0. The lowest BCUT2D eigenvalue weighted by Crippen LogP contribution is -1.95. The minimum Gasteiger partial charge on any atom is -0.349 e. The molecule has 2 heterocycles. The number of aromatic nitrogens is 2. The summed E-state index contributed by atoms with van der Waals surface area (Å²) < 4.78 is 4.17. The zero-order chi connectivity index (χ0) is 20.0. The highest BCUT2D eigenvalue weighted by atomic mass is 15.0. The third-order valence-electron chi connectivity index (χ3n) is 5.75. The molecule has 0 aliphatic carbocycles. The fourth-order valence-electron chi connectivity index (χ4n) is 4.12. The Hall–Kier alpha value is -3.76. The Balaban J connectivity index is 2.16. The van der Waals surface area contributed by atoms with Gasteiger partial charge in [0.15, 0.2) is 0 Å². The van der Waals surface area contributed by atoms with Gasteiger partial charge in [0, 0.05) is 53.0 Å². The van der Waals surface area contributed by atoms with Crippen LogP contribution in [0.5, 0.6) is 0 Å². The maximum atomic E-state index is 10.1. The highest BCUT2D eigenvalue weighted by Gasteiger charge is 2.23. The molecular formula is C24H20N4. The van der Waals surface area contributed by atoms with Crippen molar-refractivity contribution >= 4 is 33.1 Å². The second-order valence-corrected chi connectivity index (χ2v) is 7.02. The van der Waals surface area contributed by atoms with Gasteiger partial charge in [0.05, 0.1) is 18.2 Å². The Kier molecular flexibility index (Phi) is 4.06. The normalized spacial score (nSPS) is 12.1. The molecule has 136 valence electrons. The highest BCUT2D eigenvalue weighted by molar-refractivity contribution is 6.11. The van der Waals surface area contributed by atoms with Crippen LogP contribution < -0.4 is 0 Å². The van der Waals surface area contributed by atoms with E-state index in [1.165, 1.54) is 0 Å². The van der Waals surface area contributed by atoms with Gasteiger partial charge in [-0.3, -0.25) is 0 Å². The lowest BCUT2D eigenvalue weighted by Gasteiger charge is -2.07. The Morgan fingerprint density at radius 2 is 1.32 bits per heavy atom. The van der Waals surface area contributed by atoms with E-state index in [9.17, 15) is 5.26 Å². The molecule has 0 atom stereocenters. The third-order valence-corrected chi connectivity index (χ3v) is 5.75. The standard InChI is InChI=1S/C24H20N4/c1-15-22(17-10-6-8-12-20(17)27(15)4)19(14-25)24(26-3)23-16(2)28(5)21-13-9-7-11-18(21)23/h6-13H,1-2,4-5H3. The Labute approximate surface area is 164 Å². The summed E-state index contributed by atoms with van der Waals surface area (Å²) in [7, 11) is 3.99. The molecule has 0 saturated heterocycles. The number of benzene rings is 2. The van der Waals surface area contributed by atoms with E-state index in [-0.39, 0.29) is 0 Å². The molecule has 0 aliphatic heterocycles. The maximum Gasteiger partial charge on any atom is 0.214 e. The minimum atomic E-state index is 0.413. The Morgan fingerprint density at radius 1 is 0.857 bits per heavy atom. The first kappa shape index (κ1) is 17.6. The molecule has 4 nitrogen and oxygen atoms in total. The van der Waals surface area contributed by atoms with Gasteiger partial charge in [-0.15, -0.1) is 0 Å². The first-order valence-electron chi connectivity index (χ1n) is 9.11. The van der Waals surface area contributed by atoms with Crippen LogP contribution in [0.1, 0.15) is 22.5 Å². The summed E-state index contributed by atoms with van der Waals surface area (Å²) in [5, 5.41) is 12.1. The van der Waals surface area contributed by atoms with E-state index in [4.69, 9.17) is 6.57 Å². The van der Waals surface area contributed by atoms with Gasteiger partial charge in [-0.25, -0.2) is 4.85 Å². The molecule has 28 heavy (non-hydrogen) atoms. The van der Waals surface area contributed by atoms with Crippen LogP contribution in [0.4, 0.5) is 0 Å². The molecular weight excluding hydrogens is 344 g/mol. The van der Waals surface area contributed by atoms with Crippen molar-refractivity contribution in [2.24, 2.45) is 14.1 Å². The van der Waals surface area contributed by atoms with Gasteiger partial charge in [-0.1, -0.05) is 36.4 Å². The molecule has 2 aromatic heterocycles. The molecule has 0 saturated carbocycles. The second kappa shape index (κ2) is 6.44. The summed E-state index contributed by atoms with van der Waals surface area (Å²) in [4.78, 5) is 3.87. The predicted octanol–water partition coefficient (Wildman–Crippen LogP) is 5.60. The molecule has 0 bridgehead atoms. The van der Waals surface area contributed by atoms with Gasteiger partial charge < -0.3 is 9.13 Å².